The number of benzene rings is 1. The van der Waals surface area contributed by atoms with Crippen molar-refractivity contribution in [2.24, 2.45) is 5.73 Å². The molecular weight excluding hydrogens is 247 g/mol. The summed E-state index contributed by atoms with van der Waals surface area (Å²) in [5.41, 5.74) is 6.38. The summed E-state index contributed by atoms with van der Waals surface area (Å²) >= 11 is 0. The van der Waals surface area contributed by atoms with Crippen LogP contribution in [0, 0.1) is 5.82 Å². The maximum atomic E-state index is 13.9. The molecule has 1 unspecified atom stereocenters. The molecule has 5 heteroatoms. The fourth-order valence-electron chi connectivity index (χ4n) is 2.17. The second kappa shape index (κ2) is 8.09. The van der Waals surface area contributed by atoms with Gasteiger partial charge in [0.2, 0.25) is 0 Å². The summed E-state index contributed by atoms with van der Waals surface area (Å²) in [7, 11) is 3.17. The molecule has 1 aromatic rings. The van der Waals surface area contributed by atoms with Gasteiger partial charge in [0, 0.05) is 39.8 Å². The van der Waals surface area contributed by atoms with Gasteiger partial charge in [-0.1, -0.05) is 12.1 Å². The van der Waals surface area contributed by atoms with Crippen molar-refractivity contribution in [3.8, 4) is 0 Å². The fraction of sp³-hybridized carbons (Fsp3) is 0.571. The van der Waals surface area contributed by atoms with Gasteiger partial charge in [-0.3, -0.25) is 0 Å². The molecule has 1 rings (SSSR count). The van der Waals surface area contributed by atoms with Crippen LogP contribution >= 0.6 is 0 Å². The van der Waals surface area contributed by atoms with Crippen LogP contribution in [0.4, 0.5) is 10.1 Å². The van der Waals surface area contributed by atoms with Gasteiger partial charge in [-0.25, -0.2) is 4.39 Å². The van der Waals surface area contributed by atoms with Crippen molar-refractivity contribution < 1.29 is 13.9 Å². The number of para-hydroxylation sites is 1. The average Bonchev–Trinajstić information content (AvgIpc) is 2.45. The molecule has 0 bridgehead atoms. The van der Waals surface area contributed by atoms with Crippen LogP contribution in [0.1, 0.15) is 13.3 Å². The van der Waals surface area contributed by atoms with E-state index in [0.717, 1.165) is 0 Å². The van der Waals surface area contributed by atoms with Crippen molar-refractivity contribution in [1.82, 2.24) is 0 Å². The summed E-state index contributed by atoms with van der Waals surface area (Å²) in [6, 6.07) is 6.67. The van der Waals surface area contributed by atoms with Gasteiger partial charge in [-0.2, -0.15) is 0 Å². The molecule has 0 spiro atoms. The average molecular weight is 270 g/mol. The zero-order valence-electron chi connectivity index (χ0n) is 11.8. The predicted octanol–water partition coefficient (Wildman–Crippen LogP) is 1.99. The van der Waals surface area contributed by atoms with E-state index >= 15 is 0 Å². The van der Waals surface area contributed by atoms with Gasteiger partial charge in [0.15, 0.2) is 6.29 Å². The van der Waals surface area contributed by atoms with Crippen LogP contribution in [0.2, 0.25) is 0 Å². The van der Waals surface area contributed by atoms with E-state index in [1.54, 1.807) is 26.4 Å². The number of anilines is 1. The zero-order valence-corrected chi connectivity index (χ0v) is 11.8. The highest BCUT2D eigenvalue weighted by molar-refractivity contribution is 5.48. The van der Waals surface area contributed by atoms with Crippen LogP contribution in [-0.2, 0) is 9.47 Å². The SMILES string of the molecule is CCN(c1ccccc1F)C(CN)CC(OC)OC. The van der Waals surface area contributed by atoms with E-state index in [-0.39, 0.29) is 18.1 Å². The van der Waals surface area contributed by atoms with Gasteiger partial charge in [0.25, 0.3) is 0 Å². The van der Waals surface area contributed by atoms with E-state index in [0.29, 0.717) is 25.2 Å². The first-order chi connectivity index (χ1) is 9.17. The highest BCUT2D eigenvalue weighted by Gasteiger charge is 2.22. The van der Waals surface area contributed by atoms with Crippen molar-refractivity contribution in [1.29, 1.82) is 0 Å². The van der Waals surface area contributed by atoms with Crippen LogP contribution in [0.3, 0.4) is 0 Å². The minimum atomic E-state index is -0.339. The van der Waals surface area contributed by atoms with Gasteiger partial charge in [-0.15, -0.1) is 0 Å². The Bertz CT molecular complexity index is 372. The predicted molar refractivity (Wildman–Crippen MR) is 74.7 cm³/mol. The van der Waals surface area contributed by atoms with Gasteiger partial charge < -0.3 is 20.1 Å². The fourth-order valence-corrected chi connectivity index (χ4v) is 2.17. The second-order valence-electron chi connectivity index (χ2n) is 4.26. The Morgan fingerprint density at radius 2 is 1.89 bits per heavy atom. The summed E-state index contributed by atoms with van der Waals surface area (Å²) < 4.78 is 24.3. The van der Waals surface area contributed by atoms with Gasteiger partial charge in [-0.05, 0) is 19.1 Å². The first-order valence-corrected chi connectivity index (χ1v) is 6.44. The number of nitrogens with two attached hydrogens (primary N) is 1. The van der Waals surface area contributed by atoms with Crippen LogP contribution < -0.4 is 10.6 Å². The lowest BCUT2D eigenvalue weighted by molar-refractivity contribution is -0.109. The Kier molecular flexibility index (Phi) is 6.77. The molecule has 2 N–H and O–H groups in total. The first kappa shape index (κ1) is 15.9. The summed E-state index contributed by atoms with van der Waals surface area (Å²) in [4.78, 5) is 1.94. The summed E-state index contributed by atoms with van der Waals surface area (Å²) in [5.74, 6) is -0.241. The number of likely N-dealkylation sites (N-methyl/N-ethyl adjacent to an activating group) is 1. The number of nitrogens with zero attached hydrogens (tertiary/aromatic N) is 1. The zero-order chi connectivity index (χ0) is 14.3. The van der Waals surface area contributed by atoms with Crippen LogP contribution in [0.15, 0.2) is 24.3 Å². The third kappa shape index (κ3) is 4.16. The number of methoxy groups -OCH3 is 2. The molecule has 4 nitrogen and oxygen atoms in total. The van der Waals surface area contributed by atoms with Crippen LogP contribution in [0.5, 0.6) is 0 Å². The monoisotopic (exact) mass is 270 g/mol. The number of hydrogen-bond donors (Lipinski definition) is 1. The molecule has 19 heavy (non-hydrogen) atoms. The Morgan fingerprint density at radius 3 is 2.37 bits per heavy atom. The molecule has 0 aliphatic heterocycles. The molecule has 0 aliphatic carbocycles. The second-order valence-corrected chi connectivity index (χ2v) is 4.26. The minimum Gasteiger partial charge on any atom is -0.365 e. The summed E-state index contributed by atoms with van der Waals surface area (Å²) in [5, 5.41) is 0. The topological polar surface area (TPSA) is 47.7 Å². The van der Waals surface area contributed by atoms with E-state index < -0.39 is 0 Å². The Hall–Kier alpha value is -1.17. The molecule has 1 aromatic carbocycles. The third-order valence-electron chi connectivity index (χ3n) is 3.21. The van der Waals surface area contributed by atoms with Gasteiger partial charge in [0.05, 0.1) is 5.69 Å². The maximum absolute atomic E-state index is 13.9. The summed E-state index contributed by atoms with van der Waals surface area (Å²) in [6.07, 6.45) is 0.250. The normalized spacial score (nSPS) is 12.7. The van der Waals surface area contributed by atoms with Crippen molar-refractivity contribution >= 4 is 5.69 Å². The standard InChI is InChI=1S/C14H23FN2O2/c1-4-17(13-8-6-5-7-12(13)15)11(10-16)9-14(18-2)19-3/h5-8,11,14H,4,9-10,16H2,1-3H3. The van der Waals surface area contributed by atoms with Crippen LogP contribution in [0.25, 0.3) is 0 Å². The highest BCUT2D eigenvalue weighted by atomic mass is 19.1. The number of halogens is 1. The Morgan fingerprint density at radius 1 is 1.26 bits per heavy atom. The molecule has 0 heterocycles. The lowest BCUT2D eigenvalue weighted by Crippen LogP contribution is -2.43. The van der Waals surface area contributed by atoms with Gasteiger partial charge in [0.1, 0.15) is 5.82 Å². The van der Waals surface area contributed by atoms with Crippen molar-refractivity contribution in [3.63, 3.8) is 0 Å². The molecule has 0 amide bonds. The van der Waals surface area contributed by atoms with Crippen molar-refractivity contribution in [2.45, 2.75) is 25.7 Å². The first-order valence-electron chi connectivity index (χ1n) is 6.44. The molecule has 0 saturated carbocycles. The number of hydrogen-bond acceptors (Lipinski definition) is 4. The minimum absolute atomic E-state index is 0.0354. The van der Waals surface area contributed by atoms with E-state index in [9.17, 15) is 4.39 Å². The lowest BCUT2D eigenvalue weighted by Gasteiger charge is -2.33. The largest absolute Gasteiger partial charge is 0.365 e. The van der Waals surface area contributed by atoms with E-state index in [1.807, 2.05) is 17.9 Å². The molecule has 0 aliphatic rings. The van der Waals surface area contributed by atoms with Crippen molar-refractivity contribution in [2.75, 3.05) is 32.2 Å². The quantitative estimate of drug-likeness (QED) is 0.734. The van der Waals surface area contributed by atoms with E-state index in [1.165, 1.54) is 6.07 Å². The Labute approximate surface area is 114 Å². The molecule has 0 fully saturated rings. The number of rotatable bonds is 8. The van der Waals surface area contributed by atoms with E-state index in [2.05, 4.69) is 0 Å². The van der Waals surface area contributed by atoms with Crippen molar-refractivity contribution in [3.05, 3.63) is 30.1 Å². The van der Waals surface area contributed by atoms with Crippen LogP contribution in [-0.4, -0.2) is 39.6 Å². The van der Waals surface area contributed by atoms with Gasteiger partial charge >= 0.3 is 0 Å². The molecule has 108 valence electrons. The molecule has 0 radical (unpaired) electrons. The maximum Gasteiger partial charge on any atom is 0.158 e. The third-order valence-corrected chi connectivity index (χ3v) is 3.21. The lowest BCUT2D eigenvalue weighted by atomic mass is 10.1. The Balaban J connectivity index is 2.90. The summed E-state index contributed by atoms with van der Waals surface area (Å²) in [6.45, 7) is 3.05. The molecule has 0 aromatic heterocycles. The molecule has 0 saturated heterocycles. The molecule has 1 atom stereocenters. The van der Waals surface area contributed by atoms with E-state index in [4.69, 9.17) is 15.2 Å². The number of ether oxygens (including phenoxy) is 2. The molecular formula is C14H23FN2O2. The smallest absolute Gasteiger partial charge is 0.158 e. The highest BCUT2D eigenvalue weighted by Crippen LogP contribution is 2.22.